The summed E-state index contributed by atoms with van der Waals surface area (Å²) in [6.07, 6.45) is 1.17. The highest BCUT2D eigenvalue weighted by Gasteiger charge is 2.01. The third kappa shape index (κ3) is 1.12. The molecule has 2 aromatic rings. The first kappa shape index (κ1) is 7.43. The predicted molar refractivity (Wildman–Crippen MR) is 44.5 cm³/mol. The zero-order valence-corrected chi connectivity index (χ0v) is 6.72. The lowest BCUT2D eigenvalue weighted by Gasteiger charge is -1.96. The number of hydrogen-bond acceptors (Lipinski definition) is 2. The van der Waals surface area contributed by atoms with Crippen LogP contribution < -0.4 is 0 Å². The smallest absolute Gasteiger partial charge is 0.223 e. The van der Waals surface area contributed by atoms with E-state index in [0.717, 1.165) is 0 Å². The number of benzene rings is 1. The van der Waals surface area contributed by atoms with E-state index in [2.05, 4.69) is 9.97 Å². The molecule has 1 aromatic carbocycles. The van der Waals surface area contributed by atoms with E-state index in [1.807, 2.05) is 0 Å². The van der Waals surface area contributed by atoms with Gasteiger partial charge in [-0.05, 0) is 18.2 Å². The summed E-state index contributed by atoms with van der Waals surface area (Å²) < 4.78 is 12.9. The SMILES string of the molecule is Fc1ncnc2cc(Cl)ccc12. The molecule has 0 amide bonds. The largest absolute Gasteiger partial charge is 0.236 e. The molecule has 0 saturated carbocycles. The van der Waals surface area contributed by atoms with Crippen LogP contribution in [0.4, 0.5) is 4.39 Å². The normalized spacial score (nSPS) is 10.5. The van der Waals surface area contributed by atoms with Crippen molar-refractivity contribution in [2.75, 3.05) is 0 Å². The Hall–Kier alpha value is -1.22. The molecule has 0 radical (unpaired) electrons. The van der Waals surface area contributed by atoms with Gasteiger partial charge in [-0.1, -0.05) is 11.6 Å². The van der Waals surface area contributed by atoms with E-state index in [4.69, 9.17) is 11.6 Å². The van der Waals surface area contributed by atoms with Crippen molar-refractivity contribution in [1.29, 1.82) is 0 Å². The maximum absolute atomic E-state index is 12.9. The summed E-state index contributed by atoms with van der Waals surface area (Å²) >= 11 is 5.69. The van der Waals surface area contributed by atoms with Crippen molar-refractivity contribution in [3.8, 4) is 0 Å². The van der Waals surface area contributed by atoms with Gasteiger partial charge in [0.05, 0.1) is 10.9 Å². The van der Waals surface area contributed by atoms with Crippen molar-refractivity contribution in [2.45, 2.75) is 0 Å². The third-order valence-corrected chi connectivity index (χ3v) is 1.79. The quantitative estimate of drug-likeness (QED) is 0.585. The first-order valence-corrected chi connectivity index (χ1v) is 3.71. The van der Waals surface area contributed by atoms with Gasteiger partial charge in [-0.2, -0.15) is 4.39 Å². The fourth-order valence-electron chi connectivity index (χ4n) is 0.997. The number of hydrogen-bond donors (Lipinski definition) is 0. The second-order valence-electron chi connectivity index (χ2n) is 2.33. The van der Waals surface area contributed by atoms with Gasteiger partial charge in [0.25, 0.3) is 0 Å². The van der Waals surface area contributed by atoms with E-state index >= 15 is 0 Å². The summed E-state index contributed by atoms with van der Waals surface area (Å²) in [7, 11) is 0. The van der Waals surface area contributed by atoms with Gasteiger partial charge in [0.1, 0.15) is 6.33 Å². The van der Waals surface area contributed by atoms with Crippen LogP contribution in [0, 0.1) is 5.95 Å². The van der Waals surface area contributed by atoms with Crippen LogP contribution in [0.3, 0.4) is 0 Å². The first-order chi connectivity index (χ1) is 5.77. The molecule has 0 bridgehead atoms. The molecule has 0 aliphatic carbocycles. The number of halogens is 2. The second-order valence-corrected chi connectivity index (χ2v) is 2.76. The number of rotatable bonds is 0. The van der Waals surface area contributed by atoms with Gasteiger partial charge < -0.3 is 0 Å². The van der Waals surface area contributed by atoms with Gasteiger partial charge >= 0.3 is 0 Å². The summed E-state index contributed by atoms with van der Waals surface area (Å²) in [4.78, 5) is 7.28. The Morgan fingerprint density at radius 1 is 1.25 bits per heavy atom. The molecule has 1 heterocycles. The zero-order chi connectivity index (χ0) is 8.55. The predicted octanol–water partition coefficient (Wildman–Crippen LogP) is 2.42. The molecule has 0 unspecified atom stereocenters. The van der Waals surface area contributed by atoms with Crippen molar-refractivity contribution in [3.63, 3.8) is 0 Å². The molecule has 0 aliphatic rings. The molecule has 2 nitrogen and oxygen atoms in total. The Labute approximate surface area is 73.0 Å². The molecule has 0 fully saturated rings. The van der Waals surface area contributed by atoms with E-state index in [-0.39, 0.29) is 0 Å². The Balaban J connectivity index is 2.86. The van der Waals surface area contributed by atoms with Crippen molar-refractivity contribution < 1.29 is 4.39 Å². The van der Waals surface area contributed by atoms with Crippen LogP contribution in [0.25, 0.3) is 10.9 Å². The summed E-state index contributed by atoms with van der Waals surface area (Å²) in [6.45, 7) is 0. The van der Waals surface area contributed by atoms with E-state index in [0.29, 0.717) is 15.9 Å². The van der Waals surface area contributed by atoms with Crippen molar-refractivity contribution >= 4 is 22.5 Å². The van der Waals surface area contributed by atoms with Crippen LogP contribution in [0.15, 0.2) is 24.5 Å². The Morgan fingerprint density at radius 2 is 2.08 bits per heavy atom. The van der Waals surface area contributed by atoms with E-state index in [1.165, 1.54) is 6.33 Å². The van der Waals surface area contributed by atoms with Crippen LogP contribution in [0.2, 0.25) is 5.02 Å². The van der Waals surface area contributed by atoms with E-state index in [9.17, 15) is 4.39 Å². The molecule has 0 aliphatic heterocycles. The lowest BCUT2D eigenvalue weighted by Crippen LogP contribution is -1.87. The summed E-state index contributed by atoms with van der Waals surface area (Å²) in [5, 5.41) is 0.933. The van der Waals surface area contributed by atoms with E-state index < -0.39 is 5.95 Å². The zero-order valence-electron chi connectivity index (χ0n) is 5.96. The first-order valence-electron chi connectivity index (χ1n) is 3.33. The van der Waals surface area contributed by atoms with Crippen LogP contribution in [0.5, 0.6) is 0 Å². The summed E-state index contributed by atoms with van der Waals surface area (Å²) in [5.74, 6) is -0.517. The molecule has 0 atom stereocenters. The molecule has 2 rings (SSSR count). The maximum atomic E-state index is 12.9. The number of nitrogens with zero attached hydrogens (tertiary/aromatic N) is 2. The number of fused-ring (bicyclic) bond motifs is 1. The molecule has 0 spiro atoms. The molecule has 4 heteroatoms. The van der Waals surface area contributed by atoms with Gasteiger partial charge in [0.2, 0.25) is 5.95 Å². The molecular formula is C8H4ClFN2. The Kier molecular flexibility index (Phi) is 1.66. The minimum absolute atomic E-state index is 0.391. The molecule has 0 N–H and O–H groups in total. The average Bonchev–Trinajstić information content (AvgIpc) is 2.04. The summed E-state index contributed by atoms with van der Waals surface area (Å²) in [6, 6.07) is 4.77. The highest BCUT2D eigenvalue weighted by Crippen LogP contribution is 2.17. The van der Waals surface area contributed by atoms with Crippen LogP contribution >= 0.6 is 11.6 Å². The fourth-order valence-corrected chi connectivity index (χ4v) is 1.16. The van der Waals surface area contributed by atoms with E-state index in [1.54, 1.807) is 18.2 Å². The second kappa shape index (κ2) is 2.68. The lowest BCUT2D eigenvalue weighted by atomic mass is 10.2. The van der Waals surface area contributed by atoms with Gasteiger partial charge in [-0.15, -0.1) is 0 Å². The van der Waals surface area contributed by atoms with Gasteiger partial charge in [0, 0.05) is 5.02 Å². The highest BCUT2D eigenvalue weighted by atomic mass is 35.5. The van der Waals surface area contributed by atoms with Crippen molar-refractivity contribution in [1.82, 2.24) is 9.97 Å². The number of aromatic nitrogens is 2. The standard InChI is InChI=1S/C8H4ClFN2/c9-5-1-2-6-7(3-5)11-4-12-8(6)10/h1-4H. The van der Waals surface area contributed by atoms with Crippen molar-refractivity contribution in [3.05, 3.63) is 35.5 Å². The Morgan fingerprint density at radius 3 is 2.92 bits per heavy atom. The van der Waals surface area contributed by atoms with Crippen LogP contribution in [-0.4, -0.2) is 9.97 Å². The third-order valence-electron chi connectivity index (χ3n) is 1.55. The molecular weight excluding hydrogens is 179 g/mol. The fraction of sp³-hybridized carbons (Fsp3) is 0. The monoisotopic (exact) mass is 182 g/mol. The molecule has 1 aromatic heterocycles. The topological polar surface area (TPSA) is 25.8 Å². The Bertz CT molecular complexity index is 430. The van der Waals surface area contributed by atoms with Gasteiger partial charge in [-0.25, -0.2) is 9.97 Å². The maximum Gasteiger partial charge on any atom is 0.223 e. The van der Waals surface area contributed by atoms with Crippen LogP contribution in [-0.2, 0) is 0 Å². The van der Waals surface area contributed by atoms with Gasteiger partial charge in [0.15, 0.2) is 0 Å². The lowest BCUT2D eigenvalue weighted by molar-refractivity contribution is 0.593. The molecule has 12 heavy (non-hydrogen) atoms. The van der Waals surface area contributed by atoms with Gasteiger partial charge in [-0.3, -0.25) is 0 Å². The van der Waals surface area contributed by atoms with Crippen LogP contribution in [0.1, 0.15) is 0 Å². The minimum Gasteiger partial charge on any atom is -0.236 e. The highest BCUT2D eigenvalue weighted by molar-refractivity contribution is 6.31. The molecule has 0 saturated heterocycles. The van der Waals surface area contributed by atoms with Crippen molar-refractivity contribution in [2.24, 2.45) is 0 Å². The molecule has 60 valence electrons. The summed E-state index contributed by atoms with van der Waals surface area (Å²) in [5.41, 5.74) is 0.523. The average molecular weight is 183 g/mol. The minimum atomic E-state index is -0.517.